The van der Waals surface area contributed by atoms with Crippen LogP contribution in [-0.4, -0.2) is 25.1 Å². The molecule has 7 heteroatoms. The third-order valence-corrected chi connectivity index (χ3v) is 5.84. The van der Waals surface area contributed by atoms with Crippen LogP contribution in [0.4, 0.5) is 0 Å². The zero-order chi connectivity index (χ0) is 17.3. The molecule has 0 amide bonds. The number of halogens is 1. The minimum absolute atomic E-state index is 0.131. The van der Waals surface area contributed by atoms with Gasteiger partial charge >= 0.3 is 0 Å². The lowest BCUT2D eigenvalue weighted by molar-refractivity contribution is 0.103. The number of hydrogen-bond acceptors (Lipinski definition) is 5. The first-order chi connectivity index (χ1) is 11.4. The Kier molecular flexibility index (Phi) is 4.73. The van der Waals surface area contributed by atoms with E-state index in [2.05, 4.69) is 27.7 Å². The number of ketones is 1. The lowest BCUT2D eigenvalue weighted by atomic mass is 9.99. The maximum absolute atomic E-state index is 12.9. The van der Waals surface area contributed by atoms with Crippen molar-refractivity contribution in [1.29, 1.82) is 0 Å². The Morgan fingerprint density at radius 3 is 2.79 bits per heavy atom. The van der Waals surface area contributed by atoms with E-state index in [1.54, 1.807) is 18.2 Å². The van der Waals surface area contributed by atoms with Crippen molar-refractivity contribution in [2.24, 2.45) is 0 Å². The third-order valence-electron chi connectivity index (χ3n) is 3.85. The average molecular weight is 410 g/mol. The number of benzene rings is 1. The number of rotatable bonds is 7. The molecule has 2 aromatic rings. The van der Waals surface area contributed by atoms with Crippen LogP contribution in [0.5, 0.6) is 0 Å². The summed E-state index contributed by atoms with van der Waals surface area (Å²) in [6.45, 7) is 3.47. The summed E-state index contributed by atoms with van der Waals surface area (Å²) in [7, 11) is -3.37. The quantitative estimate of drug-likeness (QED) is 0.515. The molecule has 0 N–H and O–H groups in total. The van der Waals surface area contributed by atoms with Crippen molar-refractivity contribution in [3.63, 3.8) is 0 Å². The number of nitrogens with zero attached hydrogens (tertiary/aromatic N) is 1. The minimum Gasteiger partial charge on any atom is -0.360 e. The summed E-state index contributed by atoms with van der Waals surface area (Å²) >= 11 is 3.33. The van der Waals surface area contributed by atoms with Crippen molar-refractivity contribution in [2.45, 2.75) is 24.5 Å². The molecule has 1 aromatic carbocycles. The summed E-state index contributed by atoms with van der Waals surface area (Å²) in [5.74, 6) is 0.240. The highest BCUT2D eigenvalue weighted by Crippen LogP contribution is 2.42. The number of aromatic nitrogens is 1. The van der Waals surface area contributed by atoms with Crippen LogP contribution in [0, 0.1) is 0 Å². The van der Waals surface area contributed by atoms with E-state index in [0.29, 0.717) is 22.5 Å². The average Bonchev–Trinajstić information content (AvgIpc) is 3.23. The third kappa shape index (κ3) is 3.67. The van der Waals surface area contributed by atoms with Gasteiger partial charge in [0.25, 0.3) is 0 Å². The van der Waals surface area contributed by atoms with Crippen LogP contribution in [0.3, 0.4) is 0 Å². The zero-order valence-corrected chi connectivity index (χ0v) is 15.3. The molecular formula is C17H16BrNO4S. The molecule has 1 aromatic heterocycles. The second-order valence-electron chi connectivity index (χ2n) is 5.85. The summed E-state index contributed by atoms with van der Waals surface area (Å²) in [5, 5.41) is 3.74. The highest BCUT2D eigenvalue weighted by Gasteiger charge is 2.33. The van der Waals surface area contributed by atoms with E-state index in [1.165, 1.54) is 12.3 Å². The maximum Gasteiger partial charge on any atom is 0.198 e. The Morgan fingerprint density at radius 2 is 2.12 bits per heavy atom. The molecule has 1 aliphatic carbocycles. The molecule has 0 atom stereocenters. The largest absolute Gasteiger partial charge is 0.360 e. The molecule has 0 aliphatic heterocycles. The number of carbonyl (C=O) groups is 1. The van der Waals surface area contributed by atoms with Crippen LogP contribution >= 0.6 is 15.9 Å². The monoisotopic (exact) mass is 409 g/mol. The maximum atomic E-state index is 12.9. The van der Waals surface area contributed by atoms with E-state index in [-0.39, 0.29) is 23.2 Å². The Bertz CT molecular complexity index is 897. The molecule has 24 heavy (non-hydrogen) atoms. The zero-order valence-electron chi connectivity index (χ0n) is 12.9. The van der Waals surface area contributed by atoms with Gasteiger partial charge in [-0.1, -0.05) is 27.2 Å². The summed E-state index contributed by atoms with van der Waals surface area (Å²) in [5.41, 5.74) is 1.23. The van der Waals surface area contributed by atoms with E-state index in [1.807, 2.05) is 0 Å². The van der Waals surface area contributed by atoms with Gasteiger partial charge in [0.05, 0.1) is 23.3 Å². The summed E-state index contributed by atoms with van der Waals surface area (Å²) in [6.07, 6.45) is 4.73. The Labute approximate surface area is 148 Å². The van der Waals surface area contributed by atoms with Gasteiger partial charge < -0.3 is 4.52 Å². The van der Waals surface area contributed by atoms with Crippen molar-refractivity contribution in [2.75, 3.05) is 5.75 Å². The van der Waals surface area contributed by atoms with Gasteiger partial charge in [-0.25, -0.2) is 8.42 Å². The Hall–Kier alpha value is -1.73. The van der Waals surface area contributed by atoms with E-state index in [0.717, 1.165) is 17.3 Å². The van der Waals surface area contributed by atoms with Crippen LogP contribution in [0.1, 0.15) is 46.0 Å². The minimum atomic E-state index is -3.37. The van der Waals surface area contributed by atoms with Crippen molar-refractivity contribution in [3.8, 4) is 0 Å². The van der Waals surface area contributed by atoms with Crippen LogP contribution in [-0.2, 0) is 15.6 Å². The standard InChI is InChI=1S/C17H16BrNO4S/c1-2-7-24(21,22)10-12-8-13(18)5-6-14(12)16(20)15-9-19-23-17(15)11-3-4-11/h2,5-6,8-9,11H,1,3-4,7,10H2. The van der Waals surface area contributed by atoms with Gasteiger partial charge in [0, 0.05) is 16.0 Å². The number of sulfone groups is 1. The van der Waals surface area contributed by atoms with Crippen LogP contribution < -0.4 is 0 Å². The smallest absolute Gasteiger partial charge is 0.198 e. The van der Waals surface area contributed by atoms with Crippen LogP contribution in [0.25, 0.3) is 0 Å². The second kappa shape index (κ2) is 6.64. The first kappa shape index (κ1) is 17.1. The fourth-order valence-electron chi connectivity index (χ4n) is 2.58. The van der Waals surface area contributed by atoms with Crippen molar-refractivity contribution in [3.05, 3.63) is 64.0 Å². The second-order valence-corrected chi connectivity index (χ2v) is 8.88. The van der Waals surface area contributed by atoms with E-state index < -0.39 is 9.84 Å². The summed E-state index contributed by atoms with van der Waals surface area (Å²) < 4.78 is 30.2. The molecule has 5 nitrogen and oxygen atoms in total. The van der Waals surface area contributed by atoms with Crippen molar-refractivity contribution >= 4 is 31.6 Å². The Balaban J connectivity index is 1.99. The fraction of sp³-hybridized carbons (Fsp3) is 0.294. The van der Waals surface area contributed by atoms with E-state index >= 15 is 0 Å². The molecule has 126 valence electrons. The normalized spacial score (nSPS) is 14.5. The van der Waals surface area contributed by atoms with E-state index in [9.17, 15) is 13.2 Å². The van der Waals surface area contributed by atoms with Crippen LogP contribution in [0.2, 0.25) is 0 Å². The first-order valence-corrected chi connectivity index (χ1v) is 10.1. The SMILES string of the molecule is C=CCS(=O)(=O)Cc1cc(Br)ccc1C(=O)c1cnoc1C1CC1. The number of hydrogen-bond donors (Lipinski definition) is 0. The predicted octanol–water partition coefficient (Wildman–Crippen LogP) is 3.65. The molecule has 0 bridgehead atoms. The van der Waals surface area contributed by atoms with Crippen molar-refractivity contribution in [1.82, 2.24) is 5.16 Å². The molecule has 0 saturated heterocycles. The Morgan fingerprint density at radius 1 is 1.38 bits per heavy atom. The molecular weight excluding hydrogens is 394 g/mol. The van der Waals surface area contributed by atoms with Gasteiger partial charge in [-0.15, -0.1) is 6.58 Å². The molecule has 0 radical (unpaired) electrons. The highest BCUT2D eigenvalue weighted by molar-refractivity contribution is 9.10. The lowest BCUT2D eigenvalue weighted by Crippen LogP contribution is -2.12. The number of carbonyl (C=O) groups excluding carboxylic acids is 1. The summed E-state index contributed by atoms with van der Waals surface area (Å²) in [6, 6.07) is 5.02. The summed E-state index contributed by atoms with van der Waals surface area (Å²) in [4.78, 5) is 12.9. The van der Waals surface area contributed by atoms with Gasteiger partial charge in [-0.3, -0.25) is 4.79 Å². The molecule has 0 spiro atoms. The van der Waals surface area contributed by atoms with Gasteiger partial charge in [0.2, 0.25) is 0 Å². The van der Waals surface area contributed by atoms with E-state index in [4.69, 9.17) is 4.52 Å². The molecule has 0 unspecified atom stereocenters. The lowest BCUT2D eigenvalue weighted by Gasteiger charge is -2.09. The van der Waals surface area contributed by atoms with Gasteiger partial charge in [-0.2, -0.15) is 0 Å². The van der Waals surface area contributed by atoms with Gasteiger partial charge in [0.1, 0.15) is 0 Å². The van der Waals surface area contributed by atoms with Gasteiger partial charge in [-0.05, 0) is 36.6 Å². The molecule has 3 rings (SSSR count). The molecule has 1 saturated carbocycles. The first-order valence-electron chi connectivity index (χ1n) is 7.50. The molecule has 1 fully saturated rings. The fourth-order valence-corrected chi connectivity index (χ4v) is 4.18. The predicted molar refractivity (Wildman–Crippen MR) is 93.7 cm³/mol. The highest BCUT2D eigenvalue weighted by atomic mass is 79.9. The topological polar surface area (TPSA) is 77.2 Å². The van der Waals surface area contributed by atoms with Gasteiger partial charge in [0.15, 0.2) is 21.4 Å². The van der Waals surface area contributed by atoms with Crippen molar-refractivity contribution < 1.29 is 17.7 Å². The molecule has 1 aliphatic rings. The molecule has 1 heterocycles. The van der Waals surface area contributed by atoms with Crippen LogP contribution in [0.15, 0.2) is 46.0 Å².